The van der Waals surface area contributed by atoms with Crippen molar-refractivity contribution in [3.05, 3.63) is 39.0 Å². The number of hydrogen-bond donors (Lipinski definition) is 0. The molecule has 0 saturated carbocycles. The van der Waals surface area contributed by atoms with E-state index in [1.807, 2.05) is 24.3 Å². The van der Waals surface area contributed by atoms with Gasteiger partial charge in [0.2, 0.25) is 6.29 Å². The number of para-hydroxylation sites is 2. The Kier molecular flexibility index (Phi) is 6.48. The van der Waals surface area contributed by atoms with Crippen LogP contribution in [0.2, 0.25) is 0 Å². The normalized spacial score (nSPS) is 16.8. The van der Waals surface area contributed by atoms with E-state index in [9.17, 15) is 9.59 Å². The molecule has 32 heavy (non-hydrogen) atoms. The van der Waals surface area contributed by atoms with Crippen LogP contribution in [0.15, 0.2) is 29.3 Å². The van der Waals surface area contributed by atoms with Gasteiger partial charge in [-0.2, -0.15) is 0 Å². The van der Waals surface area contributed by atoms with Crippen molar-refractivity contribution >= 4 is 46.7 Å². The molecule has 170 valence electrons. The van der Waals surface area contributed by atoms with E-state index in [1.54, 1.807) is 24.5 Å². The van der Waals surface area contributed by atoms with E-state index >= 15 is 0 Å². The zero-order valence-electron chi connectivity index (χ0n) is 18.8. The van der Waals surface area contributed by atoms with Gasteiger partial charge >= 0.3 is 12.1 Å². The largest absolute Gasteiger partial charge is 0.425 e. The number of thiophene rings is 1. The molecule has 1 saturated heterocycles. The van der Waals surface area contributed by atoms with Crippen LogP contribution in [0.1, 0.15) is 25.1 Å². The fourth-order valence-corrected chi connectivity index (χ4v) is 4.90. The molecule has 8 nitrogen and oxygen atoms in total. The first-order chi connectivity index (χ1) is 15.4. The van der Waals surface area contributed by atoms with E-state index < -0.39 is 18.4 Å². The summed E-state index contributed by atoms with van der Waals surface area (Å²) in [5.41, 5.74) is 2.42. The third kappa shape index (κ3) is 4.49. The van der Waals surface area contributed by atoms with Crippen molar-refractivity contribution in [2.24, 2.45) is 4.99 Å². The molecule has 0 radical (unpaired) electrons. The Bertz CT molecular complexity index is 1140. The molecule has 1 fully saturated rings. The summed E-state index contributed by atoms with van der Waals surface area (Å²) in [5, 5.41) is 0.906. The maximum absolute atomic E-state index is 13.2. The number of rotatable bonds is 4. The van der Waals surface area contributed by atoms with Crippen molar-refractivity contribution in [3.63, 3.8) is 0 Å². The number of carbonyl (C=O) groups excluding carboxylic acids is 2. The molecule has 0 bridgehead atoms. The number of amides is 1. The number of piperazine rings is 1. The van der Waals surface area contributed by atoms with Gasteiger partial charge in [0.25, 0.3) is 0 Å². The van der Waals surface area contributed by atoms with E-state index in [1.165, 1.54) is 11.8 Å². The van der Waals surface area contributed by atoms with Crippen molar-refractivity contribution in [1.82, 2.24) is 4.90 Å². The second-order valence-corrected chi connectivity index (χ2v) is 9.11. The lowest BCUT2D eigenvalue weighted by Crippen LogP contribution is -2.47. The molecule has 1 unspecified atom stereocenters. The zero-order valence-corrected chi connectivity index (χ0v) is 19.6. The van der Waals surface area contributed by atoms with Crippen molar-refractivity contribution in [2.45, 2.75) is 33.5 Å². The van der Waals surface area contributed by atoms with Crippen molar-refractivity contribution in [3.8, 4) is 0 Å². The molecule has 0 aliphatic carbocycles. The van der Waals surface area contributed by atoms with Gasteiger partial charge in [-0.15, -0.1) is 11.3 Å². The Morgan fingerprint density at radius 2 is 1.88 bits per heavy atom. The second-order valence-electron chi connectivity index (χ2n) is 7.91. The van der Waals surface area contributed by atoms with Gasteiger partial charge in [-0.1, -0.05) is 19.1 Å². The minimum atomic E-state index is -0.989. The number of aryl methyl sites for hydroxylation is 1. The van der Waals surface area contributed by atoms with Gasteiger partial charge in [0.15, 0.2) is 0 Å². The topological polar surface area (TPSA) is 74.7 Å². The van der Waals surface area contributed by atoms with E-state index in [0.717, 1.165) is 46.6 Å². The van der Waals surface area contributed by atoms with E-state index in [0.29, 0.717) is 11.4 Å². The molecule has 1 aromatic carbocycles. The van der Waals surface area contributed by atoms with Gasteiger partial charge < -0.3 is 19.3 Å². The van der Waals surface area contributed by atoms with Crippen LogP contribution in [-0.4, -0.2) is 56.5 Å². The summed E-state index contributed by atoms with van der Waals surface area (Å²) >= 11 is 1.63. The first-order valence-electron chi connectivity index (χ1n) is 10.8. The first-order valence-corrected chi connectivity index (χ1v) is 11.6. The van der Waals surface area contributed by atoms with E-state index in [2.05, 4.69) is 23.8 Å². The van der Waals surface area contributed by atoms with Crippen LogP contribution in [0.4, 0.5) is 21.9 Å². The first kappa shape index (κ1) is 22.3. The average Bonchev–Trinajstić information content (AvgIpc) is 2.97. The summed E-state index contributed by atoms with van der Waals surface area (Å²) < 4.78 is 11.4. The predicted octanol–water partition coefficient (Wildman–Crippen LogP) is 2.75. The average molecular weight is 457 g/mol. The zero-order chi connectivity index (χ0) is 22.8. The molecule has 2 aliphatic rings. The van der Waals surface area contributed by atoms with Crippen LogP contribution < -0.4 is 19.7 Å². The number of nitrogens with zero attached hydrogens (tertiary/aromatic N) is 4. The number of anilines is 2. The quantitative estimate of drug-likeness (QED) is 0.520. The van der Waals surface area contributed by atoms with Crippen molar-refractivity contribution in [2.75, 3.05) is 43.0 Å². The van der Waals surface area contributed by atoms with Crippen LogP contribution in [0, 0.1) is 6.92 Å². The van der Waals surface area contributed by atoms with E-state index in [-0.39, 0.29) is 6.42 Å². The number of benzene rings is 1. The molecule has 2 aliphatic heterocycles. The molecule has 1 amide bonds. The van der Waals surface area contributed by atoms with Gasteiger partial charge in [-0.25, -0.2) is 9.79 Å². The maximum atomic E-state index is 13.2. The molecule has 1 aromatic heterocycles. The molecular weight excluding hydrogens is 428 g/mol. The summed E-state index contributed by atoms with van der Waals surface area (Å²) in [6.07, 6.45) is 0.408. The molecular formula is C23H28N4O4S. The van der Waals surface area contributed by atoms with Crippen molar-refractivity contribution < 1.29 is 19.1 Å². The van der Waals surface area contributed by atoms with Gasteiger partial charge in [0.1, 0.15) is 4.67 Å². The van der Waals surface area contributed by atoms with E-state index in [4.69, 9.17) is 14.5 Å². The monoisotopic (exact) mass is 456 g/mol. The lowest BCUT2D eigenvalue weighted by Gasteiger charge is -2.34. The van der Waals surface area contributed by atoms with Crippen molar-refractivity contribution in [1.29, 1.82) is 0 Å². The van der Waals surface area contributed by atoms with Gasteiger partial charge in [0, 0.05) is 50.6 Å². The third-order valence-corrected chi connectivity index (χ3v) is 6.56. The van der Waals surface area contributed by atoms with Crippen LogP contribution in [0.5, 0.6) is 0 Å². The Morgan fingerprint density at radius 3 is 2.59 bits per heavy atom. The summed E-state index contributed by atoms with van der Waals surface area (Å²) in [6, 6.07) is 7.46. The standard InChI is InChI=1S/C23H28N4O4S/c1-5-20(28)30-16(3)31-23(29)27-14-17-21(26-12-10-25(4)11-13-26)15(2)32-22(17)24-18-8-6-7-9-19(18)27/h6-9,14,16H,5,10-13H2,1-4H3. The van der Waals surface area contributed by atoms with Crippen LogP contribution >= 0.6 is 11.3 Å². The lowest BCUT2D eigenvalue weighted by molar-refractivity contribution is -0.164. The summed E-state index contributed by atoms with van der Waals surface area (Å²) in [5.74, 6) is -0.423. The number of carbonyl (C=O) groups is 2. The Balaban J connectivity index is 1.75. The molecule has 3 heterocycles. The molecule has 0 spiro atoms. The summed E-state index contributed by atoms with van der Waals surface area (Å²) in [6.45, 7) is 9.11. The number of ether oxygens (including phenoxy) is 2. The Hall–Kier alpha value is -2.91. The minimum Gasteiger partial charge on any atom is -0.425 e. The highest BCUT2D eigenvalue weighted by atomic mass is 32.1. The third-order valence-electron chi connectivity index (χ3n) is 5.56. The maximum Gasteiger partial charge on any atom is 0.421 e. The predicted molar refractivity (Wildman–Crippen MR) is 125 cm³/mol. The number of likely N-dealkylation sites (N-methyl/N-ethyl adjacent to an activating group) is 1. The molecule has 9 heteroatoms. The molecule has 0 N–H and O–H groups in total. The van der Waals surface area contributed by atoms with Crippen LogP contribution in [-0.2, 0) is 14.3 Å². The highest BCUT2D eigenvalue weighted by molar-refractivity contribution is 7.10. The fraction of sp³-hybridized carbons (Fsp3) is 0.435. The number of hydrogen-bond acceptors (Lipinski definition) is 8. The fourth-order valence-electron chi connectivity index (χ4n) is 3.87. The highest BCUT2D eigenvalue weighted by Gasteiger charge is 2.26. The molecule has 1 atom stereocenters. The molecule has 2 aromatic rings. The Morgan fingerprint density at radius 1 is 1.16 bits per heavy atom. The summed E-state index contributed by atoms with van der Waals surface area (Å²) in [7, 11) is 2.13. The van der Waals surface area contributed by atoms with Crippen LogP contribution in [0.3, 0.4) is 0 Å². The van der Waals surface area contributed by atoms with Gasteiger partial charge in [-0.3, -0.25) is 9.69 Å². The SMILES string of the molecule is CCC(=O)OC(C)OC(=O)N1C=c2c(N3CCN(C)CC3)c(C)sc2=Nc2ccccc21. The van der Waals surface area contributed by atoms with Gasteiger partial charge in [0.05, 0.1) is 22.3 Å². The number of fused-ring (bicyclic) bond motifs is 2. The highest BCUT2D eigenvalue weighted by Crippen LogP contribution is 2.31. The second kappa shape index (κ2) is 9.30. The Labute approximate surface area is 191 Å². The lowest BCUT2D eigenvalue weighted by atomic mass is 10.2. The molecule has 4 rings (SSSR count). The minimum absolute atomic E-state index is 0.214. The van der Waals surface area contributed by atoms with Gasteiger partial charge in [-0.05, 0) is 26.1 Å². The smallest absolute Gasteiger partial charge is 0.421 e. The number of esters is 1. The van der Waals surface area contributed by atoms with Crippen LogP contribution in [0.25, 0.3) is 6.20 Å². The summed E-state index contributed by atoms with van der Waals surface area (Å²) in [4.78, 5) is 36.9.